The molecule has 0 unspecified atom stereocenters. The standard InChI is InChI=1S/C13H23N3O2/c1-10(2)14-9-12-5-6-13(16-15-12)18-8-7-17-11(3)4/h5-6,10-11,14H,7-9H2,1-4H3. The average molecular weight is 253 g/mol. The van der Waals surface area contributed by atoms with Gasteiger partial charge in [0.05, 0.1) is 18.4 Å². The number of hydrogen-bond donors (Lipinski definition) is 1. The molecule has 0 spiro atoms. The Labute approximate surface area is 109 Å². The fraction of sp³-hybridized carbons (Fsp3) is 0.692. The van der Waals surface area contributed by atoms with Crippen LogP contribution < -0.4 is 10.1 Å². The maximum Gasteiger partial charge on any atom is 0.233 e. The highest BCUT2D eigenvalue weighted by Gasteiger charge is 2.00. The minimum atomic E-state index is 0.226. The van der Waals surface area contributed by atoms with Crippen LogP contribution in [0.2, 0.25) is 0 Å². The van der Waals surface area contributed by atoms with Crippen LogP contribution in [0.5, 0.6) is 5.88 Å². The third kappa shape index (κ3) is 6.51. The van der Waals surface area contributed by atoms with Gasteiger partial charge in [-0.2, -0.15) is 5.10 Å². The van der Waals surface area contributed by atoms with Gasteiger partial charge >= 0.3 is 0 Å². The van der Waals surface area contributed by atoms with Gasteiger partial charge in [-0.15, -0.1) is 5.10 Å². The molecule has 0 aliphatic rings. The predicted molar refractivity (Wildman–Crippen MR) is 70.6 cm³/mol. The fourth-order valence-corrected chi connectivity index (χ4v) is 1.26. The number of rotatable bonds is 8. The van der Waals surface area contributed by atoms with Crippen LogP contribution in [-0.4, -0.2) is 35.6 Å². The number of aromatic nitrogens is 2. The van der Waals surface area contributed by atoms with Crippen LogP contribution in [-0.2, 0) is 11.3 Å². The van der Waals surface area contributed by atoms with E-state index in [9.17, 15) is 0 Å². The van der Waals surface area contributed by atoms with Crippen molar-refractivity contribution < 1.29 is 9.47 Å². The maximum atomic E-state index is 5.42. The first kappa shape index (κ1) is 14.9. The first-order valence-electron chi connectivity index (χ1n) is 6.38. The third-order valence-corrected chi connectivity index (χ3v) is 2.17. The van der Waals surface area contributed by atoms with Gasteiger partial charge in [0.15, 0.2) is 0 Å². The zero-order valence-corrected chi connectivity index (χ0v) is 11.6. The highest BCUT2D eigenvalue weighted by Crippen LogP contribution is 2.05. The first-order chi connectivity index (χ1) is 8.58. The lowest BCUT2D eigenvalue weighted by molar-refractivity contribution is 0.0540. The number of nitrogens with zero attached hydrogens (tertiary/aromatic N) is 2. The Balaban J connectivity index is 2.27. The van der Waals surface area contributed by atoms with E-state index in [0.717, 1.165) is 12.2 Å². The van der Waals surface area contributed by atoms with E-state index < -0.39 is 0 Å². The van der Waals surface area contributed by atoms with Crippen molar-refractivity contribution in [2.45, 2.75) is 46.4 Å². The van der Waals surface area contributed by atoms with Gasteiger partial charge in [0.25, 0.3) is 0 Å². The molecule has 1 rings (SSSR count). The fourth-order valence-electron chi connectivity index (χ4n) is 1.26. The molecule has 0 aromatic carbocycles. The second-order valence-corrected chi connectivity index (χ2v) is 4.67. The van der Waals surface area contributed by atoms with Gasteiger partial charge in [-0.3, -0.25) is 0 Å². The minimum absolute atomic E-state index is 0.226. The molecule has 102 valence electrons. The summed E-state index contributed by atoms with van der Waals surface area (Å²) in [5.74, 6) is 0.538. The van der Waals surface area contributed by atoms with Crippen LogP contribution >= 0.6 is 0 Å². The number of nitrogens with one attached hydrogen (secondary N) is 1. The summed E-state index contributed by atoms with van der Waals surface area (Å²) < 4.78 is 10.8. The molecule has 1 N–H and O–H groups in total. The Hall–Kier alpha value is -1.20. The summed E-state index contributed by atoms with van der Waals surface area (Å²) >= 11 is 0. The second-order valence-electron chi connectivity index (χ2n) is 4.67. The van der Waals surface area contributed by atoms with Crippen LogP contribution in [0.25, 0.3) is 0 Å². The van der Waals surface area contributed by atoms with Gasteiger partial charge in [0.1, 0.15) is 6.61 Å². The summed E-state index contributed by atoms with van der Waals surface area (Å²) in [5.41, 5.74) is 0.912. The molecular weight excluding hydrogens is 230 g/mol. The number of ether oxygens (including phenoxy) is 2. The van der Waals surface area contributed by atoms with Gasteiger partial charge in [-0.25, -0.2) is 0 Å². The second kappa shape index (κ2) is 8.00. The van der Waals surface area contributed by atoms with E-state index in [1.807, 2.05) is 26.0 Å². The third-order valence-electron chi connectivity index (χ3n) is 2.17. The van der Waals surface area contributed by atoms with E-state index in [0.29, 0.717) is 25.1 Å². The molecule has 5 nitrogen and oxygen atoms in total. The monoisotopic (exact) mass is 253 g/mol. The van der Waals surface area contributed by atoms with Gasteiger partial charge in [-0.1, -0.05) is 13.8 Å². The van der Waals surface area contributed by atoms with Crippen molar-refractivity contribution in [3.63, 3.8) is 0 Å². The molecule has 0 bridgehead atoms. The highest BCUT2D eigenvalue weighted by molar-refractivity contribution is 5.11. The van der Waals surface area contributed by atoms with Crippen molar-refractivity contribution in [2.75, 3.05) is 13.2 Å². The molecule has 1 aromatic heterocycles. The molecule has 0 atom stereocenters. The van der Waals surface area contributed by atoms with Crippen LogP contribution in [0.3, 0.4) is 0 Å². The van der Waals surface area contributed by atoms with E-state index >= 15 is 0 Å². The Bertz CT molecular complexity index is 326. The van der Waals surface area contributed by atoms with Crippen molar-refractivity contribution in [1.82, 2.24) is 15.5 Å². The predicted octanol–water partition coefficient (Wildman–Crippen LogP) is 1.78. The Morgan fingerprint density at radius 2 is 1.89 bits per heavy atom. The summed E-state index contributed by atoms with van der Waals surface area (Å²) in [6.07, 6.45) is 0.226. The highest BCUT2D eigenvalue weighted by atomic mass is 16.5. The zero-order valence-electron chi connectivity index (χ0n) is 11.6. The molecule has 1 heterocycles. The van der Waals surface area contributed by atoms with Gasteiger partial charge in [0, 0.05) is 18.7 Å². The quantitative estimate of drug-likeness (QED) is 0.716. The van der Waals surface area contributed by atoms with E-state index in [1.165, 1.54) is 0 Å². The lowest BCUT2D eigenvalue weighted by Gasteiger charge is -2.09. The van der Waals surface area contributed by atoms with Crippen molar-refractivity contribution in [3.8, 4) is 5.88 Å². The van der Waals surface area contributed by atoms with Gasteiger partial charge in [0.2, 0.25) is 5.88 Å². The molecule has 5 heteroatoms. The Morgan fingerprint density at radius 3 is 2.44 bits per heavy atom. The van der Waals surface area contributed by atoms with Crippen LogP contribution in [0.4, 0.5) is 0 Å². The first-order valence-corrected chi connectivity index (χ1v) is 6.38. The van der Waals surface area contributed by atoms with Crippen molar-refractivity contribution in [1.29, 1.82) is 0 Å². The maximum absolute atomic E-state index is 5.42. The summed E-state index contributed by atoms with van der Waals surface area (Å²) in [7, 11) is 0. The molecule has 18 heavy (non-hydrogen) atoms. The Morgan fingerprint density at radius 1 is 1.11 bits per heavy atom. The largest absolute Gasteiger partial charge is 0.474 e. The van der Waals surface area contributed by atoms with Gasteiger partial charge < -0.3 is 14.8 Å². The van der Waals surface area contributed by atoms with Gasteiger partial charge in [-0.05, 0) is 19.9 Å². The minimum Gasteiger partial charge on any atom is -0.474 e. The average Bonchev–Trinajstić information content (AvgIpc) is 2.33. The van der Waals surface area contributed by atoms with Crippen molar-refractivity contribution >= 4 is 0 Å². The van der Waals surface area contributed by atoms with E-state index in [4.69, 9.17) is 9.47 Å². The lowest BCUT2D eigenvalue weighted by atomic mass is 10.3. The molecule has 0 fully saturated rings. The summed E-state index contributed by atoms with van der Waals surface area (Å²) in [6.45, 7) is 9.97. The topological polar surface area (TPSA) is 56.3 Å². The summed E-state index contributed by atoms with van der Waals surface area (Å²) in [5, 5.41) is 11.4. The van der Waals surface area contributed by atoms with Crippen LogP contribution in [0.1, 0.15) is 33.4 Å². The molecule has 0 saturated carbocycles. The molecular formula is C13H23N3O2. The summed E-state index contributed by atoms with van der Waals surface area (Å²) in [4.78, 5) is 0. The molecule has 0 radical (unpaired) electrons. The Kier molecular flexibility index (Phi) is 6.60. The lowest BCUT2D eigenvalue weighted by Crippen LogP contribution is -2.22. The SMILES string of the molecule is CC(C)NCc1ccc(OCCOC(C)C)nn1. The van der Waals surface area contributed by atoms with E-state index in [1.54, 1.807) is 0 Å². The molecule has 0 aliphatic carbocycles. The molecule has 1 aromatic rings. The zero-order chi connectivity index (χ0) is 13.4. The van der Waals surface area contributed by atoms with Crippen molar-refractivity contribution in [2.24, 2.45) is 0 Å². The van der Waals surface area contributed by atoms with Crippen molar-refractivity contribution in [3.05, 3.63) is 17.8 Å². The molecule has 0 saturated heterocycles. The van der Waals surface area contributed by atoms with Crippen LogP contribution in [0.15, 0.2) is 12.1 Å². The van der Waals surface area contributed by atoms with E-state index in [-0.39, 0.29) is 6.10 Å². The normalized spacial score (nSPS) is 11.2. The summed E-state index contributed by atoms with van der Waals surface area (Å²) in [6, 6.07) is 4.19. The smallest absolute Gasteiger partial charge is 0.233 e. The molecule has 0 aliphatic heterocycles. The van der Waals surface area contributed by atoms with E-state index in [2.05, 4.69) is 29.4 Å². The van der Waals surface area contributed by atoms with Crippen LogP contribution in [0, 0.1) is 0 Å². The molecule has 0 amide bonds. The number of hydrogen-bond acceptors (Lipinski definition) is 5.